The first-order chi connectivity index (χ1) is 13.8. The molecule has 1 N–H and O–H groups in total. The van der Waals surface area contributed by atoms with Crippen molar-refractivity contribution in [1.82, 2.24) is 5.32 Å². The van der Waals surface area contributed by atoms with E-state index >= 15 is 0 Å². The minimum absolute atomic E-state index is 0.289. The van der Waals surface area contributed by atoms with E-state index in [1.54, 1.807) is 31.2 Å². The third-order valence-corrected chi connectivity index (χ3v) is 5.52. The number of anilines is 1. The molecule has 0 aliphatic heterocycles. The van der Waals surface area contributed by atoms with Gasteiger partial charge in [-0.05, 0) is 43.2 Å². The SMILES string of the molecule is CCOc1ccc(CNC(=O)[C@H](CC)N(c2cccc(OC)c2)S(C)(=O)=O)cc1. The van der Waals surface area contributed by atoms with E-state index < -0.39 is 16.1 Å². The molecule has 0 aromatic heterocycles. The Kier molecular flexibility index (Phi) is 7.90. The van der Waals surface area contributed by atoms with Crippen LogP contribution in [0.1, 0.15) is 25.8 Å². The molecule has 0 aliphatic carbocycles. The van der Waals surface area contributed by atoms with Crippen LogP contribution in [0.4, 0.5) is 5.69 Å². The molecular weight excluding hydrogens is 392 g/mol. The van der Waals surface area contributed by atoms with Crippen LogP contribution in [0.2, 0.25) is 0 Å². The summed E-state index contributed by atoms with van der Waals surface area (Å²) in [5.74, 6) is 0.908. The van der Waals surface area contributed by atoms with E-state index in [1.807, 2.05) is 31.2 Å². The van der Waals surface area contributed by atoms with Crippen LogP contribution in [0.5, 0.6) is 11.5 Å². The maximum absolute atomic E-state index is 12.9. The van der Waals surface area contributed by atoms with Crippen LogP contribution in [0, 0.1) is 0 Å². The van der Waals surface area contributed by atoms with Crippen molar-refractivity contribution in [3.05, 3.63) is 54.1 Å². The van der Waals surface area contributed by atoms with E-state index in [1.165, 1.54) is 7.11 Å². The summed E-state index contributed by atoms with van der Waals surface area (Å²) in [4.78, 5) is 12.9. The molecule has 0 saturated heterocycles. The summed E-state index contributed by atoms with van der Waals surface area (Å²) in [5.41, 5.74) is 1.28. The molecular formula is C21H28N2O5S. The van der Waals surface area contributed by atoms with Crippen LogP contribution in [0.25, 0.3) is 0 Å². The summed E-state index contributed by atoms with van der Waals surface area (Å²) in [6, 6.07) is 13.2. The maximum Gasteiger partial charge on any atom is 0.244 e. The molecule has 1 atom stereocenters. The van der Waals surface area contributed by atoms with Crippen LogP contribution in [0.3, 0.4) is 0 Å². The fraction of sp³-hybridized carbons (Fsp3) is 0.381. The number of carbonyl (C=O) groups is 1. The first kappa shape index (κ1) is 22.5. The Hall–Kier alpha value is -2.74. The number of sulfonamides is 1. The van der Waals surface area contributed by atoms with E-state index in [4.69, 9.17) is 9.47 Å². The Bertz CT molecular complexity index is 913. The lowest BCUT2D eigenvalue weighted by atomic mass is 10.1. The first-order valence-corrected chi connectivity index (χ1v) is 11.3. The molecule has 2 aromatic rings. The molecule has 0 radical (unpaired) electrons. The summed E-state index contributed by atoms with van der Waals surface area (Å²) < 4.78 is 36.7. The van der Waals surface area contributed by atoms with Crippen molar-refractivity contribution in [2.24, 2.45) is 0 Å². The summed E-state index contributed by atoms with van der Waals surface area (Å²) in [7, 11) is -2.19. The number of rotatable bonds is 10. The van der Waals surface area contributed by atoms with Gasteiger partial charge in [0.1, 0.15) is 17.5 Å². The van der Waals surface area contributed by atoms with E-state index in [0.29, 0.717) is 24.5 Å². The van der Waals surface area contributed by atoms with Gasteiger partial charge in [0.05, 0.1) is 25.7 Å². The largest absolute Gasteiger partial charge is 0.497 e. The van der Waals surface area contributed by atoms with Gasteiger partial charge >= 0.3 is 0 Å². The third-order valence-electron chi connectivity index (χ3n) is 4.34. The van der Waals surface area contributed by atoms with Crippen molar-refractivity contribution in [2.75, 3.05) is 24.3 Å². The number of hydrogen-bond donors (Lipinski definition) is 1. The Labute approximate surface area is 172 Å². The second-order valence-electron chi connectivity index (χ2n) is 6.48. The molecule has 7 nitrogen and oxygen atoms in total. The monoisotopic (exact) mass is 420 g/mol. The lowest BCUT2D eigenvalue weighted by molar-refractivity contribution is -0.122. The van der Waals surface area contributed by atoms with E-state index in [0.717, 1.165) is 21.9 Å². The first-order valence-electron chi connectivity index (χ1n) is 9.43. The molecule has 2 aromatic carbocycles. The highest BCUT2D eigenvalue weighted by atomic mass is 32.2. The summed E-state index contributed by atoms with van der Waals surface area (Å²) in [6.07, 6.45) is 1.41. The molecule has 158 valence electrons. The number of methoxy groups -OCH3 is 1. The Morgan fingerprint density at radius 3 is 2.34 bits per heavy atom. The number of nitrogens with one attached hydrogen (secondary N) is 1. The fourth-order valence-corrected chi connectivity index (χ4v) is 4.19. The van der Waals surface area contributed by atoms with Crippen LogP contribution in [-0.4, -0.2) is 40.3 Å². The lowest BCUT2D eigenvalue weighted by Gasteiger charge is -2.30. The molecule has 8 heteroatoms. The number of nitrogens with zero attached hydrogens (tertiary/aromatic N) is 1. The maximum atomic E-state index is 12.9. The van der Waals surface area contributed by atoms with Crippen LogP contribution >= 0.6 is 0 Å². The van der Waals surface area contributed by atoms with Crippen molar-refractivity contribution in [3.8, 4) is 11.5 Å². The van der Waals surface area contributed by atoms with E-state index in [9.17, 15) is 13.2 Å². The molecule has 0 saturated carbocycles. The van der Waals surface area contributed by atoms with Gasteiger partial charge in [0.25, 0.3) is 0 Å². The Morgan fingerprint density at radius 2 is 1.79 bits per heavy atom. The number of carbonyl (C=O) groups excluding carboxylic acids is 1. The minimum atomic E-state index is -3.69. The summed E-state index contributed by atoms with van der Waals surface area (Å²) in [5, 5.41) is 2.84. The average Bonchev–Trinajstić information content (AvgIpc) is 2.70. The zero-order valence-electron chi connectivity index (χ0n) is 17.2. The van der Waals surface area contributed by atoms with Crippen molar-refractivity contribution < 1.29 is 22.7 Å². The second kappa shape index (κ2) is 10.2. The van der Waals surface area contributed by atoms with Crippen molar-refractivity contribution >= 4 is 21.6 Å². The van der Waals surface area contributed by atoms with Gasteiger partial charge in [-0.15, -0.1) is 0 Å². The van der Waals surface area contributed by atoms with Crippen LogP contribution in [-0.2, 0) is 21.4 Å². The number of amides is 1. The second-order valence-corrected chi connectivity index (χ2v) is 8.34. The number of ether oxygens (including phenoxy) is 2. The molecule has 0 fully saturated rings. The molecule has 2 rings (SSSR count). The van der Waals surface area contributed by atoms with Gasteiger partial charge in [0.2, 0.25) is 15.9 Å². The Morgan fingerprint density at radius 1 is 1.10 bits per heavy atom. The highest BCUT2D eigenvalue weighted by Crippen LogP contribution is 2.26. The number of benzene rings is 2. The molecule has 0 aliphatic rings. The zero-order valence-corrected chi connectivity index (χ0v) is 18.0. The minimum Gasteiger partial charge on any atom is -0.497 e. The predicted octanol–water partition coefficient (Wildman–Crippen LogP) is 2.95. The topological polar surface area (TPSA) is 84.9 Å². The van der Waals surface area contributed by atoms with Crippen molar-refractivity contribution in [1.29, 1.82) is 0 Å². The normalized spacial score (nSPS) is 12.1. The standard InChI is InChI=1S/C21H28N2O5S/c1-5-20(21(24)22-15-16-10-12-18(13-11-16)28-6-2)23(29(4,25)26)17-8-7-9-19(14-17)27-3/h7-14,20H,5-6,15H2,1-4H3,(H,22,24)/t20-/m0/s1. The van der Waals surface area contributed by atoms with Gasteiger partial charge in [-0.2, -0.15) is 0 Å². The highest BCUT2D eigenvalue weighted by molar-refractivity contribution is 7.92. The van der Waals surface area contributed by atoms with Crippen LogP contribution < -0.4 is 19.1 Å². The van der Waals surface area contributed by atoms with Gasteiger partial charge in [-0.3, -0.25) is 9.10 Å². The van der Waals surface area contributed by atoms with Gasteiger partial charge in [-0.25, -0.2) is 8.42 Å². The highest BCUT2D eigenvalue weighted by Gasteiger charge is 2.31. The van der Waals surface area contributed by atoms with Crippen LogP contribution in [0.15, 0.2) is 48.5 Å². The van der Waals surface area contributed by atoms with Crippen molar-refractivity contribution in [2.45, 2.75) is 32.9 Å². The summed E-state index contributed by atoms with van der Waals surface area (Å²) >= 11 is 0. The lowest BCUT2D eigenvalue weighted by Crippen LogP contribution is -2.49. The van der Waals surface area contributed by atoms with Gasteiger partial charge in [0, 0.05) is 12.6 Å². The third kappa shape index (κ3) is 6.12. The molecule has 29 heavy (non-hydrogen) atoms. The quantitative estimate of drug-likeness (QED) is 0.639. The van der Waals surface area contributed by atoms with E-state index in [-0.39, 0.29) is 12.5 Å². The molecule has 0 spiro atoms. The zero-order chi connectivity index (χ0) is 21.4. The van der Waals surface area contributed by atoms with E-state index in [2.05, 4.69) is 5.32 Å². The summed E-state index contributed by atoms with van der Waals surface area (Å²) in [6.45, 7) is 4.56. The fourth-order valence-electron chi connectivity index (χ4n) is 2.99. The smallest absolute Gasteiger partial charge is 0.244 e. The Balaban J connectivity index is 2.19. The molecule has 1 amide bonds. The molecule has 0 heterocycles. The number of hydrogen-bond acceptors (Lipinski definition) is 5. The average molecular weight is 421 g/mol. The molecule has 0 unspecified atom stereocenters. The predicted molar refractivity (Wildman–Crippen MR) is 114 cm³/mol. The van der Waals surface area contributed by atoms with Gasteiger partial charge in [0.15, 0.2) is 0 Å². The van der Waals surface area contributed by atoms with Gasteiger partial charge < -0.3 is 14.8 Å². The molecule has 0 bridgehead atoms. The van der Waals surface area contributed by atoms with Gasteiger partial charge in [-0.1, -0.05) is 25.1 Å². The van der Waals surface area contributed by atoms with Crippen molar-refractivity contribution in [3.63, 3.8) is 0 Å².